The van der Waals surface area contributed by atoms with Crippen LogP contribution in [0.3, 0.4) is 0 Å². The number of nitrogens with one attached hydrogen (secondary N) is 1. The normalized spacial score (nSPS) is 28.8. The van der Waals surface area contributed by atoms with Crippen LogP contribution in [0.25, 0.3) is 0 Å². The Balaban J connectivity index is 1.90. The summed E-state index contributed by atoms with van der Waals surface area (Å²) >= 11 is 0. The lowest BCUT2D eigenvalue weighted by atomic mass is 9.93. The second kappa shape index (κ2) is 5.86. The van der Waals surface area contributed by atoms with Gasteiger partial charge in [-0.05, 0) is 38.8 Å². The Hall–Kier alpha value is -0.0800. The topological polar surface area (TPSA) is 15.3 Å². The first-order valence-electron chi connectivity index (χ1n) is 6.88. The maximum Gasteiger partial charge on any atom is 0.0235 e. The van der Waals surface area contributed by atoms with Gasteiger partial charge in [0.05, 0.1) is 0 Å². The zero-order valence-corrected chi connectivity index (χ0v) is 10.2. The summed E-state index contributed by atoms with van der Waals surface area (Å²) in [6.45, 7) is 6.10. The predicted molar refractivity (Wildman–Crippen MR) is 65.1 cm³/mol. The smallest absolute Gasteiger partial charge is 0.0235 e. The molecular formula is C13H26N2. The van der Waals surface area contributed by atoms with Gasteiger partial charge in [0, 0.05) is 18.6 Å². The van der Waals surface area contributed by atoms with Crippen LogP contribution < -0.4 is 5.32 Å². The van der Waals surface area contributed by atoms with E-state index in [1.165, 1.54) is 64.6 Å². The summed E-state index contributed by atoms with van der Waals surface area (Å²) in [5.74, 6) is 0. The fourth-order valence-corrected chi connectivity index (χ4v) is 3.26. The van der Waals surface area contributed by atoms with Gasteiger partial charge in [-0.2, -0.15) is 0 Å². The van der Waals surface area contributed by atoms with E-state index in [0.29, 0.717) is 0 Å². The summed E-state index contributed by atoms with van der Waals surface area (Å²) in [7, 11) is 0. The third kappa shape index (κ3) is 2.94. The molecule has 1 unspecified atom stereocenters. The van der Waals surface area contributed by atoms with E-state index < -0.39 is 0 Å². The zero-order chi connectivity index (χ0) is 10.5. The summed E-state index contributed by atoms with van der Waals surface area (Å²) in [5, 5.41) is 3.51. The SMILES string of the molecule is CCCN(C1CCCCC1)C1CCNC1. The fourth-order valence-electron chi connectivity index (χ4n) is 3.26. The Morgan fingerprint density at radius 3 is 2.47 bits per heavy atom. The van der Waals surface area contributed by atoms with Gasteiger partial charge in [0.1, 0.15) is 0 Å². The Labute approximate surface area is 94.4 Å². The molecule has 1 N–H and O–H groups in total. The van der Waals surface area contributed by atoms with E-state index in [1.54, 1.807) is 0 Å². The van der Waals surface area contributed by atoms with Gasteiger partial charge in [-0.15, -0.1) is 0 Å². The first kappa shape index (κ1) is 11.4. The first-order chi connectivity index (χ1) is 7.42. The lowest BCUT2D eigenvalue weighted by molar-refractivity contribution is 0.112. The summed E-state index contributed by atoms with van der Waals surface area (Å²) in [5.41, 5.74) is 0. The van der Waals surface area contributed by atoms with E-state index in [-0.39, 0.29) is 0 Å². The van der Waals surface area contributed by atoms with Crippen molar-refractivity contribution < 1.29 is 0 Å². The van der Waals surface area contributed by atoms with Crippen LogP contribution in [0.2, 0.25) is 0 Å². The van der Waals surface area contributed by atoms with Crippen molar-refractivity contribution in [3.63, 3.8) is 0 Å². The van der Waals surface area contributed by atoms with E-state index in [0.717, 1.165) is 12.1 Å². The van der Waals surface area contributed by atoms with Crippen LogP contribution in [0.1, 0.15) is 51.9 Å². The lowest BCUT2D eigenvalue weighted by Gasteiger charge is -2.38. The molecule has 2 aliphatic rings. The van der Waals surface area contributed by atoms with Crippen molar-refractivity contribution in [1.29, 1.82) is 0 Å². The molecule has 0 radical (unpaired) electrons. The quantitative estimate of drug-likeness (QED) is 0.766. The van der Waals surface area contributed by atoms with E-state index >= 15 is 0 Å². The van der Waals surface area contributed by atoms with E-state index in [9.17, 15) is 0 Å². The molecule has 0 bridgehead atoms. The summed E-state index contributed by atoms with van der Waals surface area (Å²) in [6.07, 6.45) is 9.99. The molecule has 0 spiro atoms. The molecular weight excluding hydrogens is 184 g/mol. The number of hydrogen-bond donors (Lipinski definition) is 1. The highest BCUT2D eigenvalue weighted by Gasteiger charge is 2.28. The molecule has 0 aromatic carbocycles. The van der Waals surface area contributed by atoms with Gasteiger partial charge in [0.15, 0.2) is 0 Å². The maximum atomic E-state index is 3.51. The van der Waals surface area contributed by atoms with E-state index in [2.05, 4.69) is 17.1 Å². The molecule has 1 atom stereocenters. The van der Waals surface area contributed by atoms with Crippen molar-refractivity contribution in [2.24, 2.45) is 0 Å². The highest BCUT2D eigenvalue weighted by molar-refractivity contribution is 4.86. The fraction of sp³-hybridized carbons (Fsp3) is 1.00. The van der Waals surface area contributed by atoms with Crippen molar-refractivity contribution in [1.82, 2.24) is 10.2 Å². The van der Waals surface area contributed by atoms with Crippen molar-refractivity contribution in [3.8, 4) is 0 Å². The minimum Gasteiger partial charge on any atom is -0.315 e. The van der Waals surface area contributed by atoms with E-state index in [1.807, 2.05) is 0 Å². The second-order valence-corrected chi connectivity index (χ2v) is 5.18. The van der Waals surface area contributed by atoms with Crippen molar-refractivity contribution in [2.45, 2.75) is 64.0 Å². The predicted octanol–water partition coefficient (Wildman–Crippen LogP) is 2.39. The number of rotatable bonds is 4. The van der Waals surface area contributed by atoms with Crippen molar-refractivity contribution >= 4 is 0 Å². The zero-order valence-electron chi connectivity index (χ0n) is 10.2. The average molecular weight is 210 g/mol. The average Bonchev–Trinajstić information content (AvgIpc) is 2.80. The third-order valence-electron chi connectivity index (χ3n) is 4.03. The van der Waals surface area contributed by atoms with Gasteiger partial charge >= 0.3 is 0 Å². The third-order valence-corrected chi connectivity index (χ3v) is 4.03. The number of hydrogen-bond acceptors (Lipinski definition) is 2. The molecule has 1 aliphatic heterocycles. The molecule has 1 heterocycles. The molecule has 2 heteroatoms. The molecule has 2 rings (SSSR count). The Kier molecular flexibility index (Phi) is 4.45. The molecule has 1 saturated carbocycles. The molecule has 0 amide bonds. The van der Waals surface area contributed by atoms with Gasteiger partial charge in [-0.3, -0.25) is 4.90 Å². The largest absolute Gasteiger partial charge is 0.315 e. The van der Waals surface area contributed by atoms with Gasteiger partial charge in [0.25, 0.3) is 0 Å². The van der Waals surface area contributed by atoms with Crippen LogP contribution in [0, 0.1) is 0 Å². The Morgan fingerprint density at radius 1 is 1.07 bits per heavy atom. The Bertz CT molecular complexity index is 169. The molecule has 2 fully saturated rings. The molecule has 0 aromatic heterocycles. The molecule has 88 valence electrons. The summed E-state index contributed by atoms with van der Waals surface area (Å²) in [4.78, 5) is 2.82. The maximum absolute atomic E-state index is 3.51. The van der Waals surface area contributed by atoms with Crippen molar-refractivity contribution in [3.05, 3.63) is 0 Å². The van der Waals surface area contributed by atoms with Crippen LogP contribution in [-0.2, 0) is 0 Å². The number of nitrogens with zero attached hydrogens (tertiary/aromatic N) is 1. The first-order valence-corrected chi connectivity index (χ1v) is 6.88. The lowest BCUT2D eigenvalue weighted by Crippen LogP contribution is -2.45. The summed E-state index contributed by atoms with van der Waals surface area (Å²) in [6, 6.07) is 1.75. The highest BCUT2D eigenvalue weighted by atomic mass is 15.2. The van der Waals surface area contributed by atoms with Gasteiger partial charge in [0.2, 0.25) is 0 Å². The summed E-state index contributed by atoms with van der Waals surface area (Å²) < 4.78 is 0. The van der Waals surface area contributed by atoms with Gasteiger partial charge < -0.3 is 5.32 Å². The molecule has 1 saturated heterocycles. The van der Waals surface area contributed by atoms with Crippen LogP contribution in [0.15, 0.2) is 0 Å². The molecule has 0 aromatic rings. The monoisotopic (exact) mass is 210 g/mol. The standard InChI is InChI=1S/C13H26N2/c1-2-10-15(13-8-9-14-11-13)12-6-4-3-5-7-12/h12-14H,2-11H2,1H3. The van der Waals surface area contributed by atoms with Crippen LogP contribution in [0.5, 0.6) is 0 Å². The van der Waals surface area contributed by atoms with Gasteiger partial charge in [-0.1, -0.05) is 26.2 Å². The Morgan fingerprint density at radius 2 is 1.87 bits per heavy atom. The second-order valence-electron chi connectivity index (χ2n) is 5.18. The van der Waals surface area contributed by atoms with Crippen LogP contribution in [-0.4, -0.2) is 36.6 Å². The van der Waals surface area contributed by atoms with Crippen molar-refractivity contribution in [2.75, 3.05) is 19.6 Å². The molecule has 1 aliphatic carbocycles. The molecule has 2 nitrogen and oxygen atoms in total. The van der Waals surface area contributed by atoms with E-state index in [4.69, 9.17) is 0 Å². The van der Waals surface area contributed by atoms with Gasteiger partial charge in [-0.25, -0.2) is 0 Å². The minimum absolute atomic E-state index is 0.841. The minimum atomic E-state index is 0.841. The molecule has 15 heavy (non-hydrogen) atoms. The highest BCUT2D eigenvalue weighted by Crippen LogP contribution is 2.25. The van der Waals surface area contributed by atoms with Crippen LogP contribution >= 0.6 is 0 Å². The van der Waals surface area contributed by atoms with Crippen LogP contribution in [0.4, 0.5) is 0 Å².